The van der Waals surface area contributed by atoms with Gasteiger partial charge in [-0.05, 0) is 13.8 Å². The molecule has 0 unspecified atom stereocenters. The predicted molar refractivity (Wildman–Crippen MR) is 47.6 cm³/mol. The van der Waals surface area contributed by atoms with E-state index in [0.717, 1.165) is 11.5 Å². The molecule has 0 saturated heterocycles. The molecule has 2 nitrogen and oxygen atoms in total. The van der Waals surface area contributed by atoms with Crippen molar-refractivity contribution in [1.29, 1.82) is 0 Å². The maximum atomic E-state index is 5.26. The first-order chi connectivity index (χ1) is 5.86. The van der Waals surface area contributed by atoms with Crippen LogP contribution in [0.5, 0.6) is 11.5 Å². The monoisotopic (exact) mass is 254 g/mol. The maximum absolute atomic E-state index is 5.26. The molecule has 0 aliphatic heterocycles. The molecule has 0 aromatic heterocycles. The van der Waals surface area contributed by atoms with Crippen LogP contribution in [0.2, 0.25) is 0 Å². The quantitative estimate of drug-likeness (QED) is 0.767. The molecule has 0 aliphatic rings. The Morgan fingerprint density at radius 2 is 1.54 bits per heavy atom. The average Bonchev–Trinajstić information content (AvgIpc) is 2.06. The number of benzene rings is 1. The number of ether oxygens (including phenoxy) is 2. The molecule has 0 spiro atoms. The zero-order chi connectivity index (χ0) is 8.81. The van der Waals surface area contributed by atoms with Gasteiger partial charge in [0.25, 0.3) is 0 Å². The van der Waals surface area contributed by atoms with Crippen molar-refractivity contribution in [2.75, 3.05) is 13.2 Å². The van der Waals surface area contributed by atoms with Gasteiger partial charge in [-0.25, -0.2) is 0 Å². The van der Waals surface area contributed by atoms with Gasteiger partial charge in [0.2, 0.25) is 0 Å². The van der Waals surface area contributed by atoms with Gasteiger partial charge < -0.3 is 9.47 Å². The summed E-state index contributed by atoms with van der Waals surface area (Å²) in [6.07, 6.45) is 0. The summed E-state index contributed by atoms with van der Waals surface area (Å²) < 4.78 is 10.5. The Hall–Kier alpha value is -0.0761. The largest absolute Gasteiger partial charge is 0.520 e. The Morgan fingerprint density at radius 1 is 1.08 bits per heavy atom. The minimum absolute atomic E-state index is 0. The zero-order valence-corrected chi connectivity index (χ0v) is 10.9. The van der Waals surface area contributed by atoms with Crippen LogP contribution in [0.4, 0.5) is 0 Å². The minimum atomic E-state index is 0. The topological polar surface area (TPSA) is 18.5 Å². The van der Waals surface area contributed by atoms with Gasteiger partial charge in [-0.1, -0.05) is 6.07 Å². The molecule has 0 amide bonds. The molecule has 1 aromatic rings. The Kier molecular flexibility index (Phi) is 7.30. The fourth-order valence-electron chi connectivity index (χ4n) is 0.907. The minimum Gasteiger partial charge on any atom is -0.520 e. The number of hydrogen-bond donors (Lipinski definition) is 0. The summed E-state index contributed by atoms with van der Waals surface area (Å²) in [6, 6.07) is 8.63. The molecule has 1 radical (unpaired) electrons. The van der Waals surface area contributed by atoms with Gasteiger partial charge in [-0.2, -0.15) is 6.07 Å². The summed E-state index contributed by atoms with van der Waals surface area (Å²) in [5.41, 5.74) is 0. The molecule has 0 N–H and O–H groups in total. The molecule has 3 heteroatoms. The zero-order valence-electron chi connectivity index (χ0n) is 8.04. The van der Waals surface area contributed by atoms with Gasteiger partial charge in [-0.3, -0.25) is 0 Å². The first-order valence-corrected chi connectivity index (χ1v) is 4.14. The Bertz CT molecular complexity index is 217. The van der Waals surface area contributed by atoms with E-state index in [-0.39, 0.29) is 32.7 Å². The first-order valence-electron chi connectivity index (χ1n) is 4.14. The second kappa shape index (κ2) is 7.34. The van der Waals surface area contributed by atoms with Crippen LogP contribution in [-0.4, -0.2) is 13.2 Å². The molecule has 0 fully saturated rings. The molecule has 0 saturated carbocycles. The SMILES string of the molecule is CCOc1[c-]c(OCC)ccc1.[Y]. The predicted octanol–water partition coefficient (Wildman–Crippen LogP) is 2.28. The van der Waals surface area contributed by atoms with E-state index in [1.807, 2.05) is 32.0 Å². The van der Waals surface area contributed by atoms with E-state index in [0.29, 0.717) is 13.2 Å². The van der Waals surface area contributed by atoms with Gasteiger partial charge in [-0.15, -0.1) is 12.1 Å². The van der Waals surface area contributed by atoms with E-state index in [1.165, 1.54) is 0 Å². The fourth-order valence-corrected chi connectivity index (χ4v) is 0.907. The van der Waals surface area contributed by atoms with Crippen molar-refractivity contribution in [3.63, 3.8) is 0 Å². The molecule has 0 aliphatic carbocycles. The Labute approximate surface area is 105 Å². The number of rotatable bonds is 4. The van der Waals surface area contributed by atoms with Crippen molar-refractivity contribution in [2.45, 2.75) is 13.8 Å². The molecular weight excluding hydrogens is 241 g/mol. The molecule has 1 aromatic carbocycles. The second-order valence-electron chi connectivity index (χ2n) is 2.25. The van der Waals surface area contributed by atoms with Crippen LogP contribution >= 0.6 is 0 Å². The molecule has 69 valence electrons. The van der Waals surface area contributed by atoms with Crippen molar-refractivity contribution in [3.8, 4) is 11.5 Å². The van der Waals surface area contributed by atoms with Gasteiger partial charge in [0.15, 0.2) is 0 Å². The maximum Gasteiger partial charge on any atom is 0.0822 e. The Balaban J connectivity index is 0.00000144. The van der Waals surface area contributed by atoms with Crippen molar-refractivity contribution < 1.29 is 42.2 Å². The summed E-state index contributed by atoms with van der Waals surface area (Å²) in [5, 5.41) is 0. The van der Waals surface area contributed by atoms with E-state index in [1.54, 1.807) is 0 Å². The summed E-state index contributed by atoms with van der Waals surface area (Å²) >= 11 is 0. The van der Waals surface area contributed by atoms with Gasteiger partial charge in [0.05, 0.1) is 13.2 Å². The van der Waals surface area contributed by atoms with Gasteiger partial charge >= 0.3 is 0 Å². The first kappa shape index (κ1) is 12.9. The molecule has 1 rings (SSSR count). The summed E-state index contributed by atoms with van der Waals surface area (Å²) in [6.45, 7) is 5.21. The third-order valence-corrected chi connectivity index (χ3v) is 1.34. The fraction of sp³-hybridized carbons (Fsp3) is 0.400. The summed E-state index contributed by atoms with van der Waals surface area (Å²) in [5.74, 6) is 1.48. The van der Waals surface area contributed by atoms with Crippen molar-refractivity contribution >= 4 is 0 Å². The average molecular weight is 254 g/mol. The van der Waals surface area contributed by atoms with Crippen LogP contribution < -0.4 is 9.47 Å². The second-order valence-corrected chi connectivity index (χ2v) is 2.25. The van der Waals surface area contributed by atoms with Crippen LogP contribution in [0.25, 0.3) is 0 Å². The summed E-state index contributed by atoms with van der Waals surface area (Å²) in [7, 11) is 0. The standard InChI is InChI=1S/C10H13O2.Y/c1-3-11-9-6-5-7-10(8-9)12-4-2;/h5-7H,3-4H2,1-2H3;/q-1;. The van der Waals surface area contributed by atoms with Crippen LogP contribution in [0.3, 0.4) is 0 Å². The van der Waals surface area contributed by atoms with Gasteiger partial charge in [0.1, 0.15) is 0 Å². The third-order valence-electron chi connectivity index (χ3n) is 1.34. The van der Waals surface area contributed by atoms with E-state index < -0.39 is 0 Å². The van der Waals surface area contributed by atoms with Crippen LogP contribution in [-0.2, 0) is 32.7 Å². The number of hydrogen-bond acceptors (Lipinski definition) is 2. The smallest absolute Gasteiger partial charge is 0.0822 e. The van der Waals surface area contributed by atoms with E-state index in [2.05, 4.69) is 6.07 Å². The summed E-state index contributed by atoms with van der Waals surface area (Å²) in [4.78, 5) is 0. The molecular formula is C10H13O2Y-. The van der Waals surface area contributed by atoms with Crippen molar-refractivity contribution in [1.82, 2.24) is 0 Å². The van der Waals surface area contributed by atoms with Crippen LogP contribution in [0.1, 0.15) is 13.8 Å². The molecule has 0 atom stereocenters. The van der Waals surface area contributed by atoms with E-state index >= 15 is 0 Å². The van der Waals surface area contributed by atoms with Crippen LogP contribution in [0.15, 0.2) is 18.2 Å². The molecule has 0 bridgehead atoms. The molecule has 0 heterocycles. The van der Waals surface area contributed by atoms with E-state index in [4.69, 9.17) is 9.47 Å². The normalized spacial score (nSPS) is 8.77. The van der Waals surface area contributed by atoms with E-state index in [9.17, 15) is 0 Å². The van der Waals surface area contributed by atoms with Crippen molar-refractivity contribution in [3.05, 3.63) is 24.3 Å². The Morgan fingerprint density at radius 3 is 1.92 bits per heavy atom. The molecule has 13 heavy (non-hydrogen) atoms. The van der Waals surface area contributed by atoms with Crippen molar-refractivity contribution in [2.24, 2.45) is 0 Å². The van der Waals surface area contributed by atoms with Crippen LogP contribution in [0, 0.1) is 6.07 Å². The van der Waals surface area contributed by atoms with Gasteiger partial charge in [0, 0.05) is 44.2 Å². The third kappa shape index (κ3) is 4.63.